The van der Waals surface area contributed by atoms with Gasteiger partial charge in [-0.2, -0.15) is 0 Å². The van der Waals surface area contributed by atoms with Crippen molar-refractivity contribution in [2.75, 3.05) is 26.3 Å². The maximum Gasteiger partial charge on any atom is 0.273 e. The monoisotopic (exact) mass is 407 g/mol. The molecule has 0 unspecified atom stereocenters. The van der Waals surface area contributed by atoms with Crippen molar-refractivity contribution in [3.63, 3.8) is 0 Å². The van der Waals surface area contributed by atoms with Crippen molar-refractivity contribution < 1.29 is 23.5 Å². The molecular weight excluding hydrogens is 374 g/mol. The average molecular weight is 408 g/mol. The summed E-state index contributed by atoms with van der Waals surface area (Å²) in [5.41, 5.74) is 0.230. The third kappa shape index (κ3) is 6.82. The van der Waals surface area contributed by atoms with Crippen LogP contribution in [0.1, 0.15) is 74.7 Å². The molecule has 2 amide bonds. The largest absolute Gasteiger partial charge is 0.446 e. The van der Waals surface area contributed by atoms with Gasteiger partial charge in [-0.3, -0.25) is 9.59 Å². The van der Waals surface area contributed by atoms with Gasteiger partial charge in [0.15, 0.2) is 5.69 Å². The molecule has 0 bridgehead atoms. The van der Waals surface area contributed by atoms with Gasteiger partial charge in [0, 0.05) is 32.7 Å². The minimum absolute atomic E-state index is 0.0641. The van der Waals surface area contributed by atoms with Crippen molar-refractivity contribution >= 4 is 11.8 Å². The van der Waals surface area contributed by atoms with Crippen molar-refractivity contribution in [2.45, 2.75) is 77.0 Å². The summed E-state index contributed by atoms with van der Waals surface area (Å²) in [6.07, 6.45) is 8.96. The Morgan fingerprint density at radius 2 is 1.93 bits per heavy atom. The van der Waals surface area contributed by atoms with Gasteiger partial charge < -0.3 is 24.1 Å². The van der Waals surface area contributed by atoms with Crippen LogP contribution in [0.3, 0.4) is 0 Å². The van der Waals surface area contributed by atoms with E-state index in [0.717, 1.165) is 58.2 Å². The number of hydrogen-bond acceptors (Lipinski definition) is 6. The van der Waals surface area contributed by atoms with E-state index in [-0.39, 0.29) is 36.3 Å². The summed E-state index contributed by atoms with van der Waals surface area (Å²) in [5.74, 6) is 0.168. The van der Waals surface area contributed by atoms with Gasteiger partial charge in [0.05, 0.1) is 18.8 Å². The first-order valence-electron chi connectivity index (χ1n) is 10.9. The third-order valence-electron chi connectivity index (χ3n) is 5.42. The normalized spacial score (nSPS) is 21.4. The molecule has 8 nitrogen and oxygen atoms in total. The Bertz CT molecular complexity index is 650. The Labute approximate surface area is 172 Å². The molecule has 1 aromatic heterocycles. The fraction of sp³-hybridized carbons (Fsp3) is 0.762. The molecule has 0 aliphatic carbocycles. The van der Waals surface area contributed by atoms with Crippen molar-refractivity contribution in [2.24, 2.45) is 0 Å². The molecule has 162 valence electrons. The van der Waals surface area contributed by atoms with E-state index in [9.17, 15) is 9.59 Å². The highest BCUT2D eigenvalue weighted by Gasteiger charge is 2.25. The first-order chi connectivity index (χ1) is 14.2. The van der Waals surface area contributed by atoms with Crippen LogP contribution in [0.5, 0.6) is 0 Å². The number of carbonyl (C=O) groups excluding carboxylic acids is 2. The number of nitrogens with zero attached hydrogens (tertiary/aromatic N) is 2. The second-order valence-electron chi connectivity index (χ2n) is 7.84. The number of oxazole rings is 1. The Balaban J connectivity index is 1.54. The molecule has 1 aromatic rings. The van der Waals surface area contributed by atoms with Crippen LogP contribution in [0, 0.1) is 0 Å². The minimum atomic E-state index is -0.282. The highest BCUT2D eigenvalue weighted by molar-refractivity contribution is 5.91. The Morgan fingerprint density at radius 3 is 2.62 bits per heavy atom. The lowest BCUT2D eigenvalue weighted by Gasteiger charge is -2.24. The SMILES string of the molecule is CCCCCC(=O)N(Cc1nc(C(=O)NC[C@H]2CCCO2)co1)C[C@H]1CCCO1. The molecule has 2 aliphatic rings. The molecule has 2 aliphatic heterocycles. The van der Waals surface area contributed by atoms with Gasteiger partial charge in [0.1, 0.15) is 6.26 Å². The summed E-state index contributed by atoms with van der Waals surface area (Å²) in [7, 11) is 0. The lowest BCUT2D eigenvalue weighted by atomic mass is 10.1. The van der Waals surface area contributed by atoms with Gasteiger partial charge in [-0.05, 0) is 32.1 Å². The third-order valence-corrected chi connectivity index (χ3v) is 5.42. The van der Waals surface area contributed by atoms with Crippen LogP contribution in [0.15, 0.2) is 10.7 Å². The van der Waals surface area contributed by atoms with Crippen LogP contribution in [-0.4, -0.2) is 60.2 Å². The van der Waals surface area contributed by atoms with Crippen molar-refractivity contribution in [1.29, 1.82) is 0 Å². The zero-order valence-corrected chi connectivity index (χ0v) is 17.4. The molecule has 2 fully saturated rings. The zero-order valence-electron chi connectivity index (χ0n) is 17.4. The van der Waals surface area contributed by atoms with Crippen LogP contribution in [0.4, 0.5) is 0 Å². The van der Waals surface area contributed by atoms with E-state index in [0.29, 0.717) is 25.4 Å². The molecule has 0 spiro atoms. The Kier molecular flexibility index (Phi) is 8.49. The molecule has 2 saturated heterocycles. The average Bonchev–Trinajstić information content (AvgIpc) is 3.48. The van der Waals surface area contributed by atoms with Crippen molar-refractivity contribution in [3.05, 3.63) is 17.8 Å². The zero-order chi connectivity index (χ0) is 20.5. The second kappa shape index (κ2) is 11.3. The van der Waals surface area contributed by atoms with E-state index in [1.54, 1.807) is 4.90 Å². The maximum absolute atomic E-state index is 12.7. The molecule has 1 N–H and O–H groups in total. The van der Waals surface area contributed by atoms with E-state index >= 15 is 0 Å². The molecule has 3 rings (SSSR count). The highest BCUT2D eigenvalue weighted by atomic mass is 16.5. The van der Waals surface area contributed by atoms with Crippen molar-refractivity contribution in [3.8, 4) is 0 Å². The minimum Gasteiger partial charge on any atom is -0.446 e. The molecule has 0 aromatic carbocycles. The van der Waals surface area contributed by atoms with E-state index in [1.807, 2.05) is 0 Å². The Hall–Kier alpha value is -1.93. The van der Waals surface area contributed by atoms with Gasteiger partial charge in [0.25, 0.3) is 5.91 Å². The van der Waals surface area contributed by atoms with Crippen molar-refractivity contribution in [1.82, 2.24) is 15.2 Å². The van der Waals surface area contributed by atoms with Crippen LogP contribution in [0.25, 0.3) is 0 Å². The highest BCUT2D eigenvalue weighted by Crippen LogP contribution is 2.17. The first-order valence-corrected chi connectivity index (χ1v) is 10.9. The lowest BCUT2D eigenvalue weighted by molar-refractivity contribution is -0.133. The summed E-state index contributed by atoms with van der Waals surface area (Å²) < 4.78 is 16.7. The van der Waals surface area contributed by atoms with E-state index < -0.39 is 0 Å². The number of rotatable bonds is 11. The van der Waals surface area contributed by atoms with Gasteiger partial charge in [-0.15, -0.1) is 0 Å². The van der Waals surface area contributed by atoms with E-state index in [2.05, 4.69) is 17.2 Å². The predicted molar refractivity (Wildman–Crippen MR) is 106 cm³/mol. The number of amides is 2. The number of hydrogen-bond donors (Lipinski definition) is 1. The molecular formula is C21H33N3O5. The summed E-state index contributed by atoms with van der Waals surface area (Å²) in [4.78, 5) is 31.1. The first kappa shape index (κ1) is 21.8. The summed E-state index contributed by atoms with van der Waals surface area (Å²) >= 11 is 0. The molecule has 8 heteroatoms. The van der Waals surface area contributed by atoms with Gasteiger partial charge in [0.2, 0.25) is 11.8 Å². The quantitative estimate of drug-likeness (QED) is 0.567. The number of carbonyl (C=O) groups is 2. The number of unbranched alkanes of at least 4 members (excludes halogenated alkanes) is 2. The molecule has 2 atom stereocenters. The summed E-state index contributed by atoms with van der Waals surface area (Å²) in [5, 5.41) is 2.84. The van der Waals surface area contributed by atoms with Crippen LogP contribution in [0.2, 0.25) is 0 Å². The second-order valence-corrected chi connectivity index (χ2v) is 7.84. The van der Waals surface area contributed by atoms with Crippen LogP contribution >= 0.6 is 0 Å². The molecule has 3 heterocycles. The summed E-state index contributed by atoms with van der Waals surface area (Å²) in [6, 6.07) is 0. The number of ether oxygens (including phenoxy) is 2. The molecule has 0 saturated carbocycles. The van der Waals surface area contributed by atoms with Gasteiger partial charge in [-0.25, -0.2) is 4.98 Å². The van der Waals surface area contributed by atoms with E-state index in [1.165, 1.54) is 6.26 Å². The van der Waals surface area contributed by atoms with Gasteiger partial charge in [-0.1, -0.05) is 19.8 Å². The topological polar surface area (TPSA) is 93.9 Å². The molecule has 0 radical (unpaired) electrons. The number of nitrogens with one attached hydrogen (secondary N) is 1. The standard InChI is InChI=1S/C21H33N3O5/c1-2-3-4-9-20(25)24(13-17-8-6-11-28-17)14-19-23-18(15-29-19)21(26)22-12-16-7-5-10-27-16/h15-17H,2-14H2,1H3,(H,22,26)/t16-,17-/m1/s1. The van der Waals surface area contributed by atoms with Crippen LogP contribution < -0.4 is 5.32 Å². The van der Waals surface area contributed by atoms with E-state index in [4.69, 9.17) is 13.9 Å². The Morgan fingerprint density at radius 1 is 1.17 bits per heavy atom. The molecule has 29 heavy (non-hydrogen) atoms. The smallest absolute Gasteiger partial charge is 0.273 e. The lowest BCUT2D eigenvalue weighted by Crippen LogP contribution is -2.37. The van der Waals surface area contributed by atoms with Crippen LogP contribution in [-0.2, 0) is 20.8 Å². The number of aromatic nitrogens is 1. The maximum atomic E-state index is 12.7. The van der Waals surface area contributed by atoms with Gasteiger partial charge >= 0.3 is 0 Å². The fourth-order valence-corrected chi connectivity index (χ4v) is 3.73. The summed E-state index contributed by atoms with van der Waals surface area (Å²) in [6.45, 7) is 4.88. The fourth-order valence-electron chi connectivity index (χ4n) is 3.73. The predicted octanol–water partition coefficient (Wildman–Crippen LogP) is 2.67.